The number of ether oxygens (including phenoxy) is 1. The zero-order valence-corrected chi connectivity index (χ0v) is 7.99. The van der Waals surface area contributed by atoms with Crippen molar-refractivity contribution < 1.29 is 9.53 Å². The topological polar surface area (TPSA) is 87.1 Å². The number of azide groups is 1. The number of carbonyl (C=O) groups is 1. The summed E-state index contributed by atoms with van der Waals surface area (Å²) in [7, 11) is 1.39. The van der Waals surface area contributed by atoms with E-state index in [9.17, 15) is 4.79 Å². The van der Waals surface area contributed by atoms with Gasteiger partial charge in [0.1, 0.15) is 5.54 Å². The third kappa shape index (κ3) is 1.08. The summed E-state index contributed by atoms with van der Waals surface area (Å²) in [6.07, 6.45) is 1.46. The second kappa shape index (κ2) is 2.87. The number of nitrogens with one attached hydrogen (secondary N) is 1. The van der Waals surface area contributed by atoms with Crippen LogP contribution in [0.15, 0.2) is 5.11 Å². The lowest BCUT2D eigenvalue weighted by molar-refractivity contribution is -0.152. The second-order valence-electron chi connectivity index (χ2n) is 4.17. The summed E-state index contributed by atoms with van der Waals surface area (Å²) >= 11 is 0. The molecule has 6 nitrogen and oxygen atoms in total. The molecule has 2 bridgehead atoms. The lowest BCUT2D eigenvalue weighted by atomic mass is 9.62. The highest BCUT2D eigenvalue weighted by Gasteiger charge is 2.64. The van der Waals surface area contributed by atoms with Crippen LogP contribution in [0.2, 0.25) is 0 Å². The first-order valence-electron chi connectivity index (χ1n) is 4.51. The average Bonchev–Trinajstić information content (AvgIpc) is 2.69. The van der Waals surface area contributed by atoms with E-state index in [1.54, 1.807) is 0 Å². The molecule has 1 aliphatic carbocycles. The van der Waals surface area contributed by atoms with Gasteiger partial charge >= 0.3 is 5.97 Å². The molecule has 0 amide bonds. The van der Waals surface area contributed by atoms with E-state index in [1.165, 1.54) is 7.11 Å². The number of nitrogens with zero attached hydrogens (tertiary/aromatic N) is 3. The molecule has 0 atom stereocenters. The zero-order valence-electron chi connectivity index (χ0n) is 7.99. The van der Waals surface area contributed by atoms with Crippen LogP contribution in [0.5, 0.6) is 0 Å². The molecule has 0 aromatic heterocycles. The molecule has 0 aromatic carbocycles. The van der Waals surface area contributed by atoms with Crippen molar-refractivity contribution in [3.8, 4) is 0 Å². The molecular formula is C8H12N4O2. The molecule has 6 heteroatoms. The second-order valence-corrected chi connectivity index (χ2v) is 4.17. The van der Waals surface area contributed by atoms with Crippen molar-refractivity contribution >= 4 is 5.97 Å². The Kier molecular flexibility index (Phi) is 1.90. The van der Waals surface area contributed by atoms with Crippen LogP contribution in [0.3, 0.4) is 0 Å². The first-order chi connectivity index (χ1) is 6.66. The number of carbonyl (C=O) groups excluding carboxylic acids is 1. The first kappa shape index (κ1) is 9.30. The molecule has 0 unspecified atom stereocenters. The van der Waals surface area contributed by atoms with E-state index in [1.807, 2.05) is 0 Å². The number of methoxy groups -OCH3 is 1. The molecule has 2 saturated heterocycles. The summed E-state index contributed by atoms with van der Waals surface area (Å²) in [6, 6.07) is 0. The lowest BCUT2D eigenvalue weighted by Gasteiger charge is -2.43. The van der Waals surface area contributed by atoms with Gasteiger partial charge in [-0.05, 0) is 23.8 Å². The van der Waals surface area contributed by atoms with Crippen LogP contribution < -0.4 is 5.32 Å². The van der Waals surface area contributed by atoms with Crippen molar-refractivity contribution in [3.63, 3.8) is 0 Å². The van der Waals surface area contributed by atoms with Crippen molar-refractivity contribution in [2.45, 2.75) is 18.4 Å². The van der Waals surface area contributed by atoms with Crippen LogP contribution in [0.1, 0.15) is 12.8 Å². The Bertz CT molecular complexity index is 315. The first-order valence-corrected chi connectivity index (χ1v) is 4.51. The average molecular weight is 196 g/mol. The van der Waals surface area contributed by atoms with Crippen molar-refractivity contribution in [2.24, 2.45) is 10.5 Å². The van der Waals surface area contributed by atoms with Gasteiger partial charge in [-0.3, -0.25) is 4.79 Å². The third-order valence-corrected chi connectivity index (χ3v) is 3.20. The van der Waals surface area contributed by atoms with Crippen LogP contribution in [0, 0.1) is 5.41 Å². The molecule has 1 N–H and O–H groups in total. The molecule has 0 spiro atoms. The summed E-state index contributed by atoms with van der Waals surface area (Å²) in [4.78, 5) is 14.1. The van der Waals surface area contributed by atoms with Crippen LogP contribution in [0.4, 0.5) is 0 Å². The van der Waals surface area contributed by atoms with E-state index in [4.69, 9.17) is 10.3 Å². The van der Waals surface area contributed by atoms with E-state index in [0.29, 0.717) is 6.54 Å². The Labute approximate surface area is 81.2 Å². The molecule has 1 saturated carbocycles. The van der Waals surface area contributed by atoms with Crippen LogP contribution in [-0.2, 0) is 9.53 Å². The minimum absolute atomic E-state index is 0.000417. The standard InChI is InChI=1S/C8H12N4O2/c1-14-6(13)8-2-7(3-8,4-10-8)5-11-12-9/h10H,2-5H2,1H3. The molecule has 0 aromatic rings. The van der Waals surface area contributed by atoms with Gasteiger partial charge in [0.05, 0.1) is 7.11 Å². The number of hydrogen-bond acceptors (Lipinski definition) is 4. The van der Waals surface area contributed by atoms with E-state index < -0.39 is 5.54 Å². The maximum atomic E-state index is 11.4. The molecule has 14 heavy (non-hydrogen) atoms. The zero-order chi connectivity index (χ0) is 10.2. The highest BCUT2D eigenvalue weighted by Crippen LogP contribution is 2.54. The molecule has 2 aliphatic heterocycles. The van der Waals surface area contributed by atoms with Gasteiger partial charge in [-0.25, -0.2) is 0 Å². The Balaban J connectivity index is 2.03. The van der Waals surface area contributed by atoms with E-state index in [-0.39, 0.29) is 11.4 Å². The highest BCUT2D eigenvalue weighted by molar-refractivity contribution is 5.83. The van der Waals surface area contributed by atoms with Gasteiger partial charge in [0.2, 0.25) is 0 Å². The third-order valence-electron chi connectivity index (χ3n) is 3.20. The van der Waals surface area contributed by atoms with Crippen molar-refractivity contribution in [1.82, 2.24) is 5.32 Å². The van der Waals surface area contributed by atoms with Crippen molar-refractivity contribution in [3.05, 3.63) is 10.4 Å². The van der Waals surface area contributed by atoms with Gasteiger partial charge in [0.15, 0.2) is 0 Å². The van der Waals surface area contributed by atoms with Crippen LogP contribution >= 0.6 is 0 Å². The van der Waals surface area contributed by atoms with Crippen LogP contribution in [0.25, 0.3) is 10.4 Å². The largest absolute Gasteiger partial charge is 0.468 e. The number of fused-ring (bicyclic) bond motifs is 1. The monoisotopic (exact) mass is 196 g/mol. The van der Waals surface area contributed by atoms with E-state index >= 15 is 0 Å². The van der Waals surface area contributed by atoms with Crippen molar-refractivity contribution in [1.29, 1.82) is 0 Å². The quantitative estimate of drug-likeness (QED) is 0.310. The molecule has 2 heterocycles. The Morgan fingerprint density at radius 2 is 2.43 bits per heavy atom. The van der Waals surface area contributed by atoms with Crippen molar-refractivity contribution in [2.75, 3.05) is 20.2 Å². The predicted octanol–water partition coefficient (Wildman–Crippen LogP) is 0.592. The molecular weight excluding hydrogens is 184 g/mol. The molecule has 3 fully saturated rings. The predicted molar refractivity (Wildman–Crippen MR) is 48.4 cm³/mol. The van der Waals surface area contributed by atoms with Gasteiger partial charge in [-0.2, -0.15) is 0 Å². The highest BCUT2D eigenvalue weighted by atomic mass is 16.5. The SMILES string of the molecule is COC(=O)C12CC(CN=[N+]=[N-])(CN1)C2. The maximum absolute atomic E-state index is 11.4. The summed E-state index contributed by atoms with van der Waals surface area (Å²) in [6.45, 7) is 1.20. The summed E-state index contributed by atoms with van der Waals surface area (Å²) in [5.74, 6) is -0.202. The Morgan fingerprint density at radius 3 is 3.00 bits per heavy atom. The normalized spacial score (nSPS) is 38.4. The van der Waals surface area contributed by atoms with Gasteiger partial charge < -0.3 is 10.1 Å². The number of rotatable bonds is 3. The fraction of sp³-hybridized carbons (Fsp3) is 0.875. The van der Waals surface area contributed by atoms with E-state index in [0.717, 1.165) is 19.4 Å². The Hall–Kier alpha value is -1.26. The maximum Gasteiger partial charge on any atom is 0.326 e. The molecule has 3 rings (SSSR count). The fourth-order valence-electron chi connectivity index (χ4n) is 2.60. The molecule has 0 radical (unpaired) electrons. The number of hydrogen-bond donors (Lipinski definition) is 1. The van der Waals surface area contributed by atoms with Gasteiger partial charge in [0, 0.05) is 18.0 Å². The minimum atomic E-state index is -0.486. The smallest absolute Gasteiger partial charge is 0.326 e. The van der Waals surface area contributed by atoms with Gasteiger partial charge in [-0.1, -0.05) is 5.11 Å². The Morgan fingerprint density at radius 1 is 1.71 bits per heavy atom. The van der Waals surface area contributed by atoms with Crippen LogP contribution in [-0.4, -0.2) is 31.7 Å². The molecule has 76 valence electrons. The van der Waals surface area contributed by atoms with Gasteiger partial charge in [-0.15, -0.1) is 0 Å². The summed E-state index contributed by atoms with van der Waals surface area (Å²) < 4.78 is 4.72. The number of esters is 1. The minimum Gasteiger partial charge on any atom is -0.468 e. The molecule has 3 aliphatic rings. The fourth-order valence-corrected chi connectivity index (χ4v) is 2.60. The lowest BCUT2D eigenvalue weighted by Crippen LogP contribution is -2.55. The van der Waals surface area contributed by atoms with Gasteiger partial charge in [0.25, 0.3) is 0 Å². The summed E-state index contributed by atoms with van der Waals surface area (Å²) in [5, 5.41) is 6.72. The summed E-state index contributed by atoms with van der Waals surface area (Å²) in [5.41, 5.74) is 7.74. The van der Waals surface area contributed by atoms with E-state index in [2.05, 4.69) is 15.3 Å².